The van der Waals surface area contributed by atoms with Gasteiger partial charge in [0.25, 0.3) is 0 Å². The van der Waals surface area contributed by atoms with E-state index >= 15 is 0 Å². The zero-order valence-electron chi connectivity index (χ0n) is 19.3. The summed E-state index contributed by atoms with van der Waals surface area (Å²) < 4.78 is 56.9. The number of sulfonamides is 1. The van der Waals surface area contributed by atoms with Crippen LogP contribution in [-0.2, 0) is 14.8 Å². The first-order valence-electron chi connectivity index (χ1n) is 10.4. The van der Waals surface area contributed by atoms with Gasteiger partial charge >= 0.3 is 12.1 Å². The molecule has 5 N–H and O–H groups in total. The number of carbonyl (C=O) groups is 1. The van der Waals surface area contributed by atoms with Gasteiger partial charge in [-0.15, -0.1) is 0 Å². The molecule has 0 amide bonds. The molecular weight excluding hydrogens is 467 g/mol. The van der Waals surface area contributed by atoms with Crippen LogP contribution in [0.25, 0.3) is 0 Å². The fourth-order valence-electron chi connectivity index (χ4n) is 2.28. The normalized spacial score (nSPS) is 11.5. The molecule has 0 saturated heterocycles. The Morgan fingerprint density at radius 1 is 0.939 bits per heavy atom. The van der Waals surface area contributed by atoms with Crippen molar-refractivity contribution in [2.24, 2.45) is 5.92 Å². The van der Waals surface area contributed by atoms with Crippen LogP contribution in [0.4, 0.5) is 31.0 Å². The second-order valence-electron chi connectivity index (χ2n) is 7.33. The van der Waals surface area contributed by atoms with Crippen molar-refractivity contribution in [2.75, 3.05) is 48.9 Å². The number of carboxylic acids is 1. The van der Waals surface area contributed by atoms with Gasteiger partial charge in [0, 0.05) is 20.1 Å². The molecule has 0 aliphatic carbocycles. The van der Waals surface area contributed by atoms with Crippen molar-refractivity contribution in [3.05, 3.63) is 0 Å². The molecule has 1 aromatic heterocycles. The first-order chi connectivity index (χ1) is 15.3. The van der Waals surface area contributed by atoms with Crippen LogP contribution in [0.2, 0.25) is 0 Å². The highest BCUT2D eigenvalue weighted by molar-refractivity contribution is 7.89. The highest BCUT2D eigenvalue weighted by Crippen LogP contribution is 2.13. The van der Waals surface area contributed by atoms with E-state index in [2.05, 4.69) is 49.5 Å². The van der Waals surface area contributed by atoms with Gasteiger partial charge in [-0.2, -0.15) is 28.1 Å². The first-order valence-corrected chi connectivity index (χ1v) is 12.1. The molecule has 0 fully saturated rings. The topological polar surface area (TPSA) is 158 Å². The summed E-state index contributed by atoms with van der Waals surface area (Å²) >= 11 is 0. The number of anilines is 3. The summed E-state index contributed by atoms with van der Waals surface area (Å²) in [6, 6.07) is 0. The van der Waals surface area contributed by atoms with Gasteiger partial charge in [0.15, 0.2) is 0 Å². The van der Waals surface area contributed by atoms with Crippen LogP contribution in [0.3, 0.4) is 0 Å². The van der Waals surface area contributed by atoms with E-state index in [0.717, 1.165) is 18.9 Å². The highest BCUT2D eigenvalue weighted by atomic mass is 32.2. The summed E-state index contributed by atoms with van der Waals surface area (Å²) in [7, 11) is -0.145. The monoisotopic (exact) mass is 501 g/mol. The number of unbranched alkanes of at least 4 members (excludes halogenated alkanes) is 3. The van der Waals surface area contributed by atoms with Gasteiger partial charge in [-0.1, -0.05) is 39.5 Å². The fourth-order valence-corrected chi connectivity index (χ4v) is 2.85. The molecule has 192 valence electrons. The predicted octanol–water partition coefficient (Wildman–Crippen LogP) is 2.53. The van der Waals surface area contributed by atoms with E-state index in [1.165, 1.54) is 32.7 Å². The van der Waals surface area contributed by atoms with Crippen LogP contribution in [0, 0.1) is 5.92 Å². The minimum atomic E-state index is -5.08. The number of aromatic nitrogens is 3. The standard InChI is InChI=1S/C16H33N7O2S.C2HF3O2/c1-13(2)9-7-5-6-8-10-19-15-21-14(17-3)22-16(23-15)20-11-12-26(24,25)18-4;3-2(4,5)1(6)7/h13,18H,5-12H2,1-4H3,(H3,17,19,20,21,22,23);(H,6,7). The van der Waals surface area contributed by atoms with Gasteiger partial charge in [-0.25, -0.2) is 17.9 Å². The average Bonchev–Trinajstić information content (AvgIpc) is 2.72. The largest absolute Gasteiger partial charge is 0.490 e. The Hall–Kier alpha value is -2.42. The van der Waals surface area contributed by atoms with Crippen LogP contribution in [0.5, 0.6) is 0 Å². The van der Waals surface area contributed by atoms with Crippen molar-refractivity contribution >= 4 is 33.8 Å². The number of rotatable bonds is 14. The number of carboxylic acid groups (broad SMARTS) is 1. The summed E-state index contributed by atoms with van der Waals surface area (Å²) in [5.74, 6) is -0.790. The Kier molecular flexibility index (Phi) is 14.3. The number of hydrogen-bond acceptors (Lipinski definition) is 9. The van der Waals surface area contributed by atoms with E-state index in [1.807, 2.05) is 0 Å². The first kappa shape index (κ1) is 30.6. The maximum Gasteiger partial charge on any atom is 0.490 e. The molecule has 0 aromatic carbocycles. The molecule has 0 atom stereocenters. The van der Waals surface area contributed by atoms with Crippen molar-refractivity contribution in [3.63, 3.8) is 0 Å². The Morgan fingerprint density at radius 3 is 1.88 bits per heavy atom. The second kappa shape index (κ2) is 15.4. The molecule has 0 bridgehead atoms. The van der Waals surface area contributed by atoms with E-state index in [4.69, 9.17) is 9.90 Å². The molecule has 0 radical (unpaired) electrons. The summed E-state index contributed by atoms with van der Waals surface area (Å²) in [6.07, 6.45) is 0.950. The molecule has 33 heavy (non-hydrogen) atoms. The molecule has 1 rings (SSSR count). The van der Waals surface area contributed by atoms with Crippen LogP contribution < -0.4 is 20.7 Å². The zero-order valence-corrected chi connectivity index (χ0v) is 20.1. The van der Waals surface area contributed by atoms with Crippen molar-refractivity contribution in [3.8, 4) is 0 Å². The maximum atomic E-state index is 11.4. The maximum absolute atomic E-state index is 11.4. The molecule has 11 nitrogen and oxygen atoms in total. The molecule has 0 aliphatic rings. The minimum Gasteiger partial charge on any atom is -0.475 e. The molecule has 15 heteroatoms. The molecule has 0 saturated carbocycles. The summed E-state index contributed by atoms with van der Waals surface area (Å²) in [6.45, 7) is 5.51. The minimum absolute atomic E-state index is 0.0524. The van der Waals surface area contributed by atoms with E-state index < -0.39 is 22.2 Å². The van der Waals surface area contributed by atoms with E-state index in [9.17, 15) is 21.6 Å². The number of hydrogen-bond donors (Lipinski definition) is 5. The summed E-state index contributed by atoms with van der Waals surface area (Å²) in [5.41, 5.74) is 0. The van der Waals surface area contributed by atoms with Crippen molar-refractivity contribution in [2.45, 2.75) is 52.1 Å². The summed E-state index contributed by atoms with van der Waals surface area (Å²) in [4.78, 5) is 21.6. The third-order valence-electron chi connectivity index (χ3n) is 4.06. The lowest BCUT2D eigenvalue weighted by molar-refractivity contribution is -0.192. The molecule has 1 heterocycles. The van der Waals surface area contributed by atoms with Crippen LogP contribution in [-0.4, -0.2) is 73.6 Å². The van der Waals surface area contributed by atoms with Gasteiger partial charge in [-0.05, 0) is 19.4 Å². The molecule has 0 spiro atoms. The number of nitrogens with one attached hydrogen (secondary N) is 4. The van der Waals surface area contributed by atoms with Crippen LogP contribution in [0.1, 0.15) is 46.0 Å². The van der Waals surface area contributed by atoms with Crippen LogP contribution in [0.15, 0.2) is 0 Å². The molecule has 0 aliphatic heterocycles. The number of halogens is 3. The Bertz CT molecular complexity index is 809. The average molecular weight is 502 g/mol. The van der Waals surface area contributed by atoms with E-state index in [-0.39, 0.29) is 12.3 Å². The van der Waals surface area contributed by atoms with Gasteiger partial charge in [-0.3, -0.25) is 0 Å². The van der Waals surface area contributed by atoms with E-state index in [1.54, 1.807) is 7.05 Å². The van der Waals surface area contributed by atoms with Gasteiger partial charge in [0.05, 0.1) is 5.75 Å². The number of alkyl halides is 3. The van der Waals surface area contributed by atoms with Crippen LogP contribution >= 0.6 is 0 Å². The van der Waals surface area contributed by atoms with E-state index in [0.29, 0.717) is 17.8 Å². The lowest BCUT2D eigenvalue weighted by atomic mass is 10.0. The third kappa shape index (κ3) is 15.9. The lowest BCUT2D eigenvalue weighted by Gasteiger charge is -2.10. The Labute approximate surface area is 192 Å². The fraction of sp³-hybridized carbons (Fsp3) is 0.778. The lowest BCUT2D eigenvalue weighted by Crippen LogP contribution is -2.26. The number of nitrogens with zero attached hydrogens (tertiary/aromatic N) is 3. The Balaban J connectivity index is 0.00000126. The smallest absolute Gasteiger partial charge is 0.475 e. The quantitative estimate of drug-likeness (QED) is 0.240. The van der Waals surface area contributed by atoms with Crippen molar-refractivity contribution in [1.29, 1.82) is 0 Å². The Morgan fingerprint density at radius 2 is 1.42 bits per heavy atom. The predicted molar refractivity (Wildman–Crippen MR) is 121 cm³/mol. The van der Waals surface area contributed by atoms with Gasteiger partial charge in [0.1, 0.15) is 0 Å². The summed E-state index contributed by atoms with van der Waals surface area (Å²) in [5, 5.41) is 16.1. The zero-order chi connectivity index (χ0) is 25.5. The highest BCUT2D eigenvalue weighted by Gasteiger charge is 2.38. The molecular formula is C18H34F3N7O4S. The van der Waals surface area contributed by atoms with Crippen molar-refractivity contribution < 1.29 is 31.5 Å². The van der Waals surface area contributed by atoms with Gasteiger partial charge in [0.2, 0.25) is 27.9 Å². The van der Waals surface area contributed by atoms with Gasteiger partial charge < -0.3 is 21.1 Å². The molecule has 0 unspecified atom stereocenters. The SMILES string of the molecule is CNc1nc(NCCCCCCC(C)C)nc(NCCS(=O)(=O)NC)n1.O=C(O)C(F)(F)F. The third-order valence-corrected chi connectivity index (χ3v) is 5.42. The number of aliphatic carboxylic acids is 1. The molecule has 1 aromatic rings. The second-order valence-corrected chi connectivity index (χ2v) is 9.38. The van der Waals surface area contributed by atoms with Crippen molar-refractivity contribution in [1.82, 2.24) is 19.7 Å².